The largest absolute Gasteiger partial charge is 0.497 e. The summed E-state index contributed by atoms with van der Waals surface area (Å²) in [5.41, 5.74) is 2.54. The molecule has 208 valence electrons. The van der Waals surface area contributed by atoms with E-state index in [4.69, 9.17) is 26.2 Å². The van der Waals surface area contributed by atoms with Gasteiger partial charge in [-0.05, 0) is 36.6 Å². The fourth-order valence-electron chi connectivity index (χ4n) is 5.70. The number of rotatable bonds is 9. The highest BCUT2D eigenvalue weighted by Crippen LogP contribution is 2.35. The van der Waals surface area contributed by atoms with Crippen LogP contribution in [0.15, 0.2) is 53.6 Å². The fraction of sp³-hybridized carbons (Fsp3) is 0.500. The van der Waals surface area contributed by atoms with Crippen LogP contribution in [0.4, 0.5) is 0 Å². The summed E-state index contributed by atoms with van der Waals surface area (Å²) in [6.07, 6.45) is 4.46. The molecular formula is C30H37ClN4O4. The van der Waals surface area contributed by atoms with Gasteiger partial charge in [-0.15, -0.1) is 0 Å². The summed E-state index contributed by atoms with van der Waals surface area (Å²) in [4.78, 5) is 31.6. The van der Waals surface area contributed by atoms with Crippen LogP contribution < -0.4 is 4.74 Å². The summed E-state index contributed by atoms with van der Waals surface area (Å²) < 4.78 is 10.8. The van der Waals surface area contributed by atoms with Crippen LogP contribution in [0.5, 0.6) is 5.75 Å². The number of nitrogens with zero attached hydrogens (tertiary/aromatic N) is 4. The normalized spacial score (nSPS) is 20.2. The molecule has 9 heteroatoms. The molecule has 2 heterocycles. The Hall–Kier alpha value is -2.94. The smallest absolute Gasteiger partial charge is 0.262 e. The number of benzene rings is 2. The van der Waals surface area contributed by atoms with Gasteiger partial charge in [-0.1, -0.05) is 54.8 Å². The highest BCUT2D eigenvalue weighted by Gasteiger charge is 2.36. The minimum absolute atomic E-state index is 0.000593. The SMILES string of the molecule is COc1ccc([C@H]2CC(c3ccccc3Cl)=NN2C(=O)CN(CCN2CCOCC2)C(=O)C2CCCC2)cc1. The topological polar surface area (TPSA) is 74.7 Å². The zero-order chi connectivity index (χ0) is 27.2. The van der Waals surface area contributed by atoms with Crippen LogP contribution in [0, 0.1) is 5.92 Å². The van der Waals surface area contributed by atoms with Gasteiger partial charge >= 0.3 is 0 Å². The average molecular weight is 553 g/mol. The number of halogens is 1. The molecule has 0 unspecified atom stereocenters. The van der Waals surface area contributed by atoms with E-state index in [1.54, 1.807) is 17.0 Å². The van der Waals surface area contributed by atoms with Crippen molar-refractivity contribution in [2.45, 2.75) is 38.1 Å². The molecule has 0 spiro atoms. The molecular weight excluding hydrogens is 516 g/mol. The van der Waals surface area contributed by atoms with Gasteiger partial charge in [0.05, 0.1) is 32.1 Å². The molecule has 2 aliphatic heterocycles. The van der Waals surface area contributed by atoms with Crippen molar-refractivity contribution >= 4 is 29.1 Å². The molecule has 2 amide bonds. The molecule has 1 saturated heterocycles. The van der Waals surface area contributed by atoms with Crippen molar-refractivity contribution in [3.8, 4) is 5.75 Å². The summed E-state index contributed by atoms with van der Waals surface area (Å²) in [5, 5.41) is 6.96. The van der Waals surface area contributed by atoms with Crippen LogP contribution in [0.3, 0.4) is 0 Å². The molecule has 5 rings (SSSR count). The van der Waals surface area contributed by atoms with Crippen molar-refractivity contribution < 1.29 is 19.1 Å². The number of ether oxygens (including phenoxy) is 2. The molecule has 1 saturated carbocycles. The van der Waals surface area contributed by atoms with Crippen LogP contribution >= 0.6 is 11.6 Å². The van der Waals surface area contributed by atoms with Gasteiger partial charge in [0.1, 0.15) is 12.3 Å². The lowest BCUT2D eigenvalue weighted by atomic mass is 9.98. The molecule has 0 N–H and O–H groups in total. The maximum absolute atomic E-state index is 13.9. The zero-order valence-corrected chi connectivity index (χ0v) is 23.3. The predicted molar refractivity (Wildman–Crippen MR) is 151 cm³/mol. The number of hydrazone groups is 1. The minimum atomic E-state index is -0.294. The third kappa shape index (κ3) is 6.62. The van der Waals surface area contributed by atoms with E-state index in [9.17, 15) is 9.59 Å². The molecule has 2 aromatic rings. The monoisotopic (exact) mass is 552 g/mol. The third-order valence-electron chi connectivity index (χ3n) is 7.98. The fourth-order valence-corrected chi connectivity index (χ4v) is 5.95. The van der Waals surface area contributed by atoms with Gasteiger partial charge in [-0.25, -0.2) is 5.01 Å². The van der Waals surface area contributed by atoms with Crippen molar-refractivity contribution in [2.24, 2.45) is 11.0 Å². The number of methoxy groups -OCH3 is 1. The first-order valence-corrected chi connectivity index (χ1v) is 14.3. The van der Waals surface area contributed by atoms with Gasteiger partial charge in [-0.3, -0.25) is 14.5 Å². The second-order valence-electron chi connectivity index (χ2n) is 10.5. The van der Waals surface area contributed by atoms with E-state index in [0.29, 0.717) is 31.2 Å². The number of carbonyl (C=O) groups excluding carboxylic acids is 2. The van der Waals surface area contributed by atoms with E-state index < -0.39 is 0 Å². The summed E-state index contributed by atoms with van der Waals surface area (Å²) in [7, 11) is 1.63. The van der Waals surface area contributed by atoms with Crippen LogP contribution in [0.2, 0.25) is 5.02 Å². The van der Waals surface area contributed by atoms with Gasteiger partial charge in [0.25, 0.3) is 5.91 Å². The number of hydrogen-bond donors (Lipinski definition) is 0. The van der Waals surface area contributed by atoms with Crippen LogP contribution in [-0.4, -0.2) is 85.4 Å². The van der Waals surface area contributed by atoms with Gasteiger partial charge in [0.2, 0.25) is 5.91 Å². The van der Waals surface area contributed by atoms with Crippen LogP contribution in [-0.2, 0) is 14.3 Å². The van der Waals surface area contributed by atoms with E-state index >= 15 is 0 Å². The lowest BCUT2D eigenvalue weighted by Crippen LogP contribution is -2.47. The van der Waals surface area contributed by atoms with E-state index in [-0.39, 0.29) is 30.3 Å². The molecule has 3 aliphatic rings. The Morgan fingerprint density at radius 2 is 1.79 bits per heavy atom. The Morgan fingerprint density at radius 3 is 2.49 bits per heavy atom. The van der Waals surface area contributed by atoms with E-state index in [2.05, 4.69) is 4.90 Å². The predicted octanol–water partition coefficient (Wildman–Crippen LogP) is 4.38. The summed E-state index contributed by atoms with van der Waals surface area (Å²) in [6, 6.07) is 15.0. The Labute approximate surface area is 235 Å². The lowest BCUT2D eigenvalue weighted by molar-refractivity contribution is -0.144. The minimum Gasteiger partial charge on any atom is -0.497 e. The van der Waals surface area contributed by atoms with Crippen molar-refractivity contribution in [3.05, 3.63) is 64.7 Å². The molecule has 2 aromatic carbocycles. The number of amides is 2. The van der Waals surface area contributed by atoms with E-state index in [1.807, 2.05) is 48.5 Å². The van der Waals surface area contributed by atoms with E-state index in [1.165, 1.54) is 0 Å². The molecule has 39 heavy (non-hydrogen) atoms. The number of morpholine rings is 1. The standard InChI is InChI=1S/C30H37ClN4O4/c1-38-24-12-10-22(11-13-24)28-20-27(25-8-4-5-9-26(25)31)32-35(28)29(36)21-34(30(37)23-6-2-3-7-23)15-14-33-16-18-39-19-17-33/h4-5,8-13,23,28H,2-3,6-7,14-21H2,1H3/t28-/m1/s1. The molecule has 8 nitrogen and oxygen atoms in total. The first kappa shape index (κ1) is 27.6. The maximum Gasteiger partial charge on any atom is 0.262 e. The quantitative estimate of drug-likeness (QED) is 0.461. The molecule has 0 bridgehead atoms. The highest BCUT2D eigenvalue weighted by atomic mass is 35.5. The molecule has 0 radical (unpaired) electrons. The van der Waals surface area contributed by atoms with Crippen LogP contribution in [0.1, 0.15) is 49.3 Å². The highest BCUT2D eigenvalue weighted by molar-refractivity contribution is 6.34. The van der Waals surface area contributed by atoms with Gasteiger partial charge in [0.15, 0.2) is 0 Å². The first-order valence-electron chi connectivity index (χ1n) is 13.9. The molecule has 1 aliphatic carbocycles. The first-order chi connectivity index (χ1) is 19.0. The third-order valence-corrected chi connectivity index (χ3v) is 8.31. The summed E-state index contributed by atoms with van der Waals surface area (Å²) >= 11 is 6.51. The molecule has 1 atom stereocenters. The Morgan fingerprint density at radius 1 is 1.08 bits per heavy atom. The zero-order valence-electron chi connectivity index (χ0n) is 22.6. The van der Waals surface area contributed by atoms with Crippen LogP contribution in [0.25, 0.3) is 0 Å². The van der Waals surface area contributed by atoms with Gasteiger partial charge in [-0.2, -0.15) is 5.10 Å². The number of carbonyl (C=O) groups is 2. The number of hydrogen-bond acceptors (Lipinski definition) is 6. The van der Waals surface area contributed by atoms with Gasteiger partial charge in [0, 0.05) is 49.1 Å². The van der Waals surface area contributed by atoms with Crippen molar-refractivity contribution in [1.29, 1.82) is 0 Å². The summed E-state index contributed by atoms with van der Waals surface area (Å²) in [5.74, 6) is 0.648. The second-order valence-corrected chi connectivity index (χ2v) is 10.9. The Bertz CT molecular complexity index is 1180. The van der Waals surface area contributed by atoms with Crippen molar-refractivity contribution in [3.63, 3.8) is 0 Å². The Kier molecular flexibility index (Phi) is 9.17. The van der Waals surface area contributed by atoms with Gasteiger partial charge < -0.3 is 14.4 Å². The van der Waals surface area contributed by atoms with Crippen molar-refractivity contribution in [2.75, 3.05) is 53.0 Å². The van der Waals surface area contributed by atoms with Crippen molar-refractivity contribution in [1.82, 2.24) is 14.8 Å². The molecule has 0 aromatic heterocycles. The Balaban J connectivity index is 1.38. The second kappa shape index (κ2) is 12.9. The summed E-state index contributed by atoms with van der Waals surface area (Å²) in [6.45, 7) is 4.34. The van der Waals surface area contributed by atoms with E-state index in [0.717, 1.165) is 67.9 Å². The maximum atomic E-state index is 13.9. The average Bonchev–Trinajstić information content (AvgIpc) is 3.67. The lowest BCUT2D eigenvalue weighted by Gasteiger charge is -2.32. The molecule has 2 fully saturated rings.